The number of allylic oxidation sites excluding steroid dienone is 1. The average Bonchev–Trinajstić information content (AvgIpc) is 2.26. The molecule has 0 saturated carbocycles. The molecule has 0 saturated heterocycles. The molecule has 0 bridgehead atoms. The number of rotatable bonds is 5. The molecule has 0 spiro atoms. The maximum atomic E-state index is 11.5. The molecular weight excluding hydrogens is 184 g/mol. The molecule has 1 rings (SSSR count). The van der Waals surface area contributed by atoms with Crippen molar-refractivity contribution < 1.29 is 4.79 Å². The van der Waals surface area contributed by atoms with Crippen LogP contribution < -0.4 is 0 Å². The Labute approximate surface area is 91.8 Å². The minimum absolute atomic E-state index is 0.179. The Morgan fingerprint density at radius 3 is 2.40 bits per heavy atom. The third kappa shape index (κ3) is 3.35. The lowest BCUT2D eigenvalue weighted by atomic mass is 9.88. The van der Waals surface area contributed by atoms with Gasteiger partial charge < -0.3 is 0 Å². The molecule has 1 heteroatoms. The van der Waals surface area contributed by atoms with E-state index in [2.05, 4.69) is 18.7 Å². The van der Waals surface area contributed by atoms with Crippen LogP contribution in [-0.4, -0.2) is 5.78 Å². The molecule has 1 atom stereocenters. The summed E-state index contributed by atoms with van der Waals surface area (Å²) in [5, 5.41) is 0. The van der Waals surface area contributed by atoms with Crippen LogP contribution in [0.15, 0.2) is 42.5 Å². The molecule has 1 unspecified atom stereocenters. The van der Waals surface area contributed by atoms with Gasteiger partial charge in [0.25, 0.3) is 0 Å². The summed E-state index contributed by atoms with van der Waals surface area (Å²) in [6, 6.07) is 10.1. The van der Waals surface area contributed by atoms with Crippen LogP contribution in [0.1, 0.15) is 38.2 Å². The smallest absolute Gasteiger partial charge is 0.133 e. The van der Waals surface area contributed by atoms with Crippen LogP contribution in [0.3, 0.4) is 0 Å². The minimum Gasteiger partial charge on any atom is -0.300 e. The van der Waals surface area contributed by atoms with Crippen molar-refractivity contribution in [3.63, 3.8) is 0 Å². The van der Waals surface area contributed by atoms with E-state index in [1.54, 1.807) is 0 Å². The first-order valence-electron chi connectivity index (χ1n) is 5.37. The first-order chi connectivity index (χ1) is 7.15. The summed E-state index contributed by atoms with van der Waals surface area (Å²) >= 11 is 0. The van der Waals surface area contributed by atoms with Crippen molar-refractivity contribution in [2.45, 2.75) is 32.6 Å². The van der Waals surface area contributed by atoms with Crippen molar-refractivity contribution in [1.29, 1.82) is 0 Å². The number of ketones is 1. The second kappa shape index (κ2) is 5.50. The van der Waals surface area contributed by atoms with E-state index < -0.39 is 0 Å². The highest BCUT2D eigenvalue weighted by Crippen LogP contribution is 2.26. The van der Waals surface area contributed by atoms with E-state index >= 15 is 0 Å². The van der Waals surface area contributed by atoms with Crippen LogP contribution in [0.5, 0.6) is 0 Å². The SMILES string of the molecule is C=C(C)C(CC(=O)CC)c1ccccc1. The molecule has 1 aromatic rings. The quantitative estimate of drug-likeness (QED) is 0.665. The van der Waals surface area contributed by atoms with E-state index in [1.165, 1.54) is 5.56 Å². The molecular formula is C14H18O. The normalized spacial score (nSPS) is 12.1. The molecule has 0 aromatic heterocycles. The number of Topliss-reactive ketones (excluding diaryl/α,β-unsaturated/α-hetero) is 1. The summed E-state index contributed by atoms with van der Waals surface area (Å²) in [5.74, 6) is 0.477. The van der Waals surface area contributed by atoms with E-state index in [1.807, 2.05) is 32.0 Å². The predicted octanol–water partition coefficient (Wildman–Crippen LogP) is 3.72. The maximum Gasteiger partial charge on any atom is 0.133 e. The molecule has 1 nitrogen and oxygen atoms in total. The van der Waals surface area contributed by atoms with E-state index in [0.717, 1.165) is 5.57 Å². The number of benzene rings is 1. The second-order valence-corrected chi connectivity index (χ2v) is 3.91. The fourth-order valence-corrected chi connectivity index (χ4v) is 1.63. The van der Waals surface area contributed by atoms with Gasteiger partial charge in [0, 0.05) is 18.8 Å². The van der Waals surface area contributed by atoms with Crippen molar-refractivity contribution in [2.24, 2.45) is 0 Å². The van der Waals surface area contributed by atoms with Crippen LogP contribution in [0.4, 0.5) is 0 Å². The third-order valence-electron chi connectivity index (χ3n) is 2.62. The minimum atomic E-state index is 0.179. The molecule has 0 N–H and O–H groups in total. The van der Waals surface area contributed by atoms with Gasteiger partial charge in [-0.25, -0.2) is 0 Å². The van der Waals surface area contributed by atoms with Gasteiger partial charge >= 0.3 is 0 Å². The van der Waals surface area contributed by atoms with Crippen molar-refractivity contribution in [1.82, 2.24) is 0 Å². The topological polar surface area (TPSA) is 17.1 Å². The number of hydrogen-bond acceptors (Lipinski definition) is 1. The maximum absolute atomic E-state index is 11.5. The summed E-state index contributed by atoms with van der Waals surface area (Å²) in [5.41, 5.74) is 2.25. The summed E-state index contributed by atoms with van der Waals surface area (Å²) < 4.78 is 0. The lowest BCUT2D eigenvalue weighted by Gasteiger charge is -2.16. The lowest BCUT2D eigenvalue weighted by molar-refractivity contribution is -0.119. The van der Waals surface area contributed by atoms with Crippen molar-refractivity contribution in [2.75, 3.05) is 0 Å². The van der Waals surface area contributed by atoms with Crippen molar-refractivity contribution in [3.05, 3.63) is 48.0 Å². The Morgan fingerprint density at radius 2 is 1.93 bits per heavy atom. The molecule has 0 aliphatic carbocycles. The predicted molar refractivity (Wildman–Crippen MR) is 63.9 cm³/mol. The molecule has 0 radical (unpaired) electrons. The van der Waals surface area contributed by atoms with Gasteiger partial charge in [0.15, 0.2) is 0 Å². The van der Waals surface area contributed by atoms with Gasteiger partial charge in [-0.2, -0.15) is 0 Å². The monoisotopic (exact) mass is 202 g/mol. The standard InChI is InChI=1S/C14H18O/c1-4-13(15)10-14(11(2)3)12-8-6-5-7-9-12/h5-9,14H,2,4,10H2,1,3H3. The Morgan fingerprint density at radius 1 is 1.33 bits per heavy atom. The Kier molecular flexibility index (Phi) is 4.29. The number of carbonyl (C=O) groups excluding carboxylic acids is 1. The summed E-state index contributed by atoms with van der Waals surface area (Å²) in [4.78, 5) is 11.5. The van der Waals surface area contributed by atoms with Gasteiger partial charge in [-0.05, 0) is 12.5 Å². The zero-order chi connectivity index (χ0) is 11.3. The molecule has 1 aromatic carbocycles. The second-order valence-electron chi connectivity index (χ2n) is 3.91. The third-order valence-corrected chi connectivity index (χ3v) is 2.62. The summed E-state index contributed by atoms with van der Waals surface area (Å²) in [6.45, 7) is 7.86. The Balaban J connectivity index is 2.84. The number of carbonyl (C=O) groups is 1. The van der Waals surface area contributed by atoms with Crippen LogP contribution >= 0.6 is 0 Å². The molecule has 80 valence electrons. The van der Waals surface area contributed by atoms with Gasteiger partial charge in [0.2, 0.25) is 0 Å². The fourth-order valence-electron chi connectivity index (χ4n) is 1.63. The molecule has 0 amide bonds. The fraction of sp³-hybridized carbons (Fsp3) is 0.357. The Bertz CT molecular complexity index is 338. The molecule has 0 heterocycles. The van der Waals surface area contributed by atoms with Crippen LogP contribution in [0, 0.1) is 0 Å². The van der Waals surface area contributed by atoms with Crippen molar-refractivity contribution >= 4 is 5.78 Å². The van der Waals surface area contributed by atoms with E-state index in [-0.39, 0.29) is 5.92 Å². The average molecular weight is 202 g/mol. The first-order valence-corrected chi connectivity index (χ1v) is 5.37. The van der Waals surface area contributed by atoms with Crippen LogP contribution in [-0.2, 0) is 4.79 Å². The molecule has 15 heavy (non-hydrogen) atoms. The van der Waals surface area contributed by atoms with Crippen LogP contribution in [0.25, 0.3) is 0 Å². The molecule has 0 aliphatic heterocycles. The van der Waals surface area contributed by atoms with Crippen LogP contribution in [0.2, 0.25) is 0 Å². The molecule has 0 fully saturated rings. The van der Waals surface area contributed by atoms with E-state index in [0.29, 0.717) is 18.6 Å². The zero-order valence-electron chi connectivity index (χ0n) is 9.49. The Hall–Kier alpha value is -1.37. The highest BCUT2D eigenvalue weighted by Gasteiger charge is 2.15. The van der Waals surface area contributed by atoms with E-state index in [4.69, 9.17) is 0 Å². The molecule has 0 aliphatic rings. The van der Waals surface area contributed by atoms with Gasteiger partial charge in [0.05, 0.1) is 0 Å². The highest BCUT2D eigenvalue weighted by atomic mass is 16.1. The van der Waals surface area contributed by atoms with Gasteiger partial charge in [-0.3, -0.25) is 4.79 Å². The highest BCUT2D eigenvalue weighted by molar-refractivity contribution is 5.79. The lowest BCUT2D eigenvalue weighted by Crippen LogP contribution is -2.07. The van der Waals surface area contributed by atoms with Crippen molar-refractivity contribution in [3.8, 4) is 0 Å². The largest absolute Gasteiger partial charge is 0.300 e. The summed E-state index contributed by atoms with van der Waals surface area (Å²) in [7, 11) is 0. The summed E-state index contributed by atoms with van der Waals surface area (Å²) in [6.07, 6.45) is 1.19. The van der Waals surface area contributed by atoms with Gasteiger partial charge in [-0.15, -0.1) is 0 Å². The van der Waals surface area contributed by atoms with E-state index in [9.17, 15) is 4.79 Å². The number of hydrogen-bond donors (Lipinski definition) is 0. The van der Waals surface area contributed by atoms with Gasteiger partial charge in [0.1, 0.15) is 5.78 Å². The van der Waals surface area contributed by atoms with Gasteiger partial charge in [-0.1, -0.05) is 49.4 Å². The zero-order valence-corrected chi connectivity index (χ0v) is 9.49. The first kappa shape index (κ1) is 11.7.